The summed E-state index contributed by atoms with van der Waals surface area (Å²) in [4.78, 5) is 31.1. The van der Waals surface area contributed by atoms with Gasteiger partial charge in [0.25, 0.3) is 5.69 Å². The number of nitro groups is 1. The van der Waals surface area contributed by atoms with Gasteiger partial charge in [0.05, 0.1) is 10.5 Å². The summed E-state index contributed by atoms with van der Waals surface area (Å²) < 4.78 is 5.43. The van der Waals surface area contributed by atoms with Gasteiger partial charge < -0.3 is 9.40 Å². The van der Waals surface area contributed by atoms with Gasteiger partial charge in [-0.25, -0.2) is 14.8 Å². The molecule has 94 valence electrons. The van der Waals surface area contributed by atoms with E-state index in [0.29, 0.717) is 16.7 Å². The lowest BCUT2D eigenvalue weighted by Crippen LogP contribution is -2.07. The monoisotopic (exact) mass is 258 g/mol. The van der Waals surface area contributed by atoms with Crippen LogP contribution in [0.3, 0.4) is 0 Å². The van der Waals surface area contributed by atoms with Crippen LogP contribution in [0, 0.1) is 10.1 Å². The van der Waals surface area contributed by atoms with E-state index in [1.807, 2.05) is 0 Å². The zero-order valence-electron chi connectivity index (χ0n) is 9.36. The Hall–Kier alpha value is -3.03. The Morgan fingerprint density at radius 3 is 2.89 bits per heavy atom. The van der Waals surface area contributed by atoms with Gasteiger partial charge in [0.1, 0.15) is 5.52 Å². The van der Waals surface area contributed by atoms with Crippen molar-refractivity contribution < 1.29 is 9.34 Å². The number of benzene rings is 1. The van der Waals surface area contributed by atoms with Gasteiger partial charge in [-0.15, -0.1) is 0 Å². The molecule has 0 amide bonds. The van der Waals surface area contributed by atoms with Crippen LogP contribution < -0.4 is 5.69 Å². The molecule has 2 heterocycles. The number of non-ortho nitro benzene ring substituents is 1. The maximum absolute atomic E-state index is 10.9. The summed E-state index contributed by atoms with van der Waals surface area (Å²) in [7, 11) is 0. The predicted octanol–water partition coefficient (Wildman–Crippen LogP) is 1.49. The smallest absolute Gasteiger partial charge is 0.344 e. The van der Waals surface area contributed by atoms with Crippen molar-refractivity contribution in [2.75, 3.05) is 0 Å². The van der Waals surface area contributed by atoms with Gasteiger partial charge in [0.15, 0.2) is 5.58 Å². The fourth-order valence-corrected chi connectivity index (χ4v) is 1.61. The fourth-order valence-electron chi connectivity index (χ4n) is 1.61. The first-order valence-corrected chi connectivity index (χ1v) is 5.23. The van der Waals surface area contributed by atoms with Crippen LogP contribution in [0.1, 0.15) is 0 Å². The topological polar surface area (TPSA) is 115 Å². The van der Waals surface area contributed by atoms with Crippen molar-refractivity contribution >= 4 is 16.8 Å². The van der Waals surface area contributed by atoms with E-state index in [0.717, 1.165) is 0 Å². The highest BCUT2D eigenvalue weighted by Gasteiger charge is 2.12. The summed E-state index contributed by atoms with van der Waals surface area (Å²) in [5.74, 6) is 0.235. The van der Waals surface area contributed by atoms with E-state index in [-0.39, 0.29) is 11.6 Å². The van der Waals surface area contributed by atoms with Crippen molar-refractivity contribution in [1.29, 1.82) is 0 Å². The third-order valence-corrected chi connectivity index (χ3v) is 2.50. The molecule has 1 aromatic carbocycles. The van der Waals surface area contributed by atoms with Gasteiger partial charge in [0, 0.05) is 24.5 Å². The standard InChI is InChI=1S/C11H6N4O4/c16-11-12-4-6(5-13-11)10-14-8-3-7(15(17)18)1-2-9(8)19-10/h1-5H,(H,12,13,16). The molecule has 0 aliphatic heterocycles. The van der Waals surface area contributed by atoms with Gasteiger partial charge in [0.2, 0.25) is 5.89 Å². The van der Waals surface area contributed by atoms with Crippen LogP contribution in [-0.4, -0.2) is 19.9 Å². The summed E-state index contributed by atoms with van der Waals surface area (Å²) in [6.45, 7) is 0. The molecule has 8 heteroatoms. The van der Waals surface area contributed by atoms with Crippen LogP contribution in [0.5, 0.6) is 0 Å². The summed E-state index contributed by atoms with van der Waals surface area (Å²) in [5, 5.41) is 10.7. The minimum Gasteiger partial charge on any atom is -0.436 e. The molecule has 8 nitrogen and oxygen atoms in total. The molecule has 0 atom stereocenters. The Kier molecular flexibility index (Phi) is 2.34. The zero-order valence-corrected chi connectivity index (χ0v) is 9.36. The highest BCUT2D eigenvalue weighted by Crippen LogP contribution is 2.25. The number of rotatable bonds is 2. The van der Waals surface area contributed by atoms with Gasteiger partial charge in [-0.1, -0.05) is 0 Å². The summed E-state index contributed by atoms with van der Waals surface area (Å²) in [6, 6.07) is 4.13. The van der Waals surface area contributed by atoms with Crippen molar-refractivity contribution in [1.82, 2.24) is 15.0 Å². The van der Waals surface area contributed by atoms with Gasteiger partial charge in [-0.05, 0) is 6.07 Å². The number of aromatic amines is 1. The Balaban J connectivity index is 2.13. The first-order chi connectivity index (χ1) is 9.13. The summed E-state index contributed by atoms with van der Waals surface area (Å²) >= 11 is 0. The third kappa shape index (κ3) is 1.95. The Bertz CT molecular complexity index is 816. The first-order valence-electron chi connectivity index (χ1n) is 5.23. The number of nitrogens with zero attached hydrogens (tertiary/aromatic N) is 3. The summed E-state index contributed by atoms with van der Waals surface area (Å²) in [6.07, 6.45) is 2.73. The Morgan fingerprint density at radius 2 is 2.21 bits per heavy atom. The minimum atomic E-state index is -0.505. The van der Waals surface area contributed by atoms with Crippen molar-refractivity contribution in [3.8, 4) is 11.5 Å². The molecule has 3 rings (SSSR count). The lowest BCUT2D eigenvalue weighted by molar-refractivity contribution is -0.384. The van der Waals surface area contributed by atoms with Crippen LogP contribution in [0.25, 0.3) is 22.6 Å². The largest absolute Gasteiger partial charge is 0.436 e. The molecule has 3 aromatic rings. The lowest BCUT2D eigenvalue weighted by atomic mass is 10.3. The zero-order chi connectivity index (χ0) is 13.4. The summed E-state index contributed by atoms with van der Waals surface area (Å²) in [5.41, 5.74) is 0.739. The van der Waals surface area contributed by atoms with E-state index in [1.165, 1.54) is 30.6 Å². The van der Waals surface area contributed by atoms with E-state index < -0.39 is 10.6 Å². The van der Waals surface area contributed by atoms with Crippen molar-refractivity contribution in [3.05, 3.63) is 51.2 Å². The highest BCUT2D eigenvalue weighted by atomic mass is 16.6. The second-order valence-electron chi connectivity index (χ2n) is 3.74. The lowest BCUT2D eigenvalue weighted by Gasteiger charge is -1.90. The van der Waals surface area contributed by atoms with Crippen LogP contribution >= 0.6 is 0 Å². The molecule has 1 N–H and O–H groups in total. The van der Waals surface area contributed by atoms with E-state index in [4.69, 9.17) is 4.42 Å². The average molecular weight is 258 g/mol. The average Bonchev–Trinajstić information content (AvgIpc) is 2.82. The molecule has 0 spiro atoms. The SMILES string of the molecule is O=c1ncc(-c2nc3cc([N+](=O)[O-])ccc3o2)c[nH]1. The molecular weight excluding hydrogens is 252 g/mol. The van der Waals surface area contributed by atoms with E-state index in [1.54, 1.807) is 0 Å². The molecule has 19 heavy (non-hydrogen) atoms. The molecule has 0 saturated heterocycles. The van der Waals surface area contributed by atoms with Crippen LogP contribution in [0.15, 0.2) is 39.8 Å². The van der Waals surface area contributed by atoms with Crippen molar-refractivity contribution in [2.45, 2.75) is 0 Å². The van der Waals surface area contributed by atoms with Gasteiger partial charge in [-0.2, -0.15) is 0 Å². The maximum atomic E-state index is 10.9. The Morgan fingerprint density at radius 1 is 1.37 bits per heavy atom. The van der Waals surface area contributed by atoms with Crippen LogP contribution in [-0.2, 0) is 0 Å². The second-order valence-corrected chi connectivity index (χ2v) is 3.74. The number of fused-ring (bicyclic) bond motifs is 1. The number of hydrogen-bond acceptors (Lipinski definition) is 6. The van der Waals surface area contributed by atoms with Crippen LogP contribution in [0.4, 0.5) is 5.69 Å². The molecule has 0 saturated carbocycles. The molecule has 0 aliphatic carbocycles. The normalized spacial score (nSPS) is 10.7. The molecule has 0 fully saturated rings. The van der Waals surface area contributed by atoms with E-state index in [2.05, 4.69) is 15.0 Å². The van der Waals surface area contributed by atoms with Gasteiger partial charge in [-0.3, -0.25) is 10.1 Å². The number of hydrogen-bond donors (Lipinski definition) is 1. The molecule has 0 aliphatic rings. The van der Waals surface area contributed by atoms with E-state index >= 15 is 0 Å². The number of nitro benzene ring substituents is 1. The maximum Gasteiger partial charge on any atom is 0.344 e. The minimum absolute atomic E-state index is 0.0630. The molecule has 2 aromatic heterocycles. The fraction of sp³-hybridized carbons (Fsp3) is 0. The third-order valence-electron chi connectivity index (χ3n) is 2.50. The second kappa shape index (κ2) is 4.02. The van der Waals surface area contributed by atoms with Crippen LogP contribution in [0.2, 0.25) is 0 Å². The number of nitrogens with one attached hydrogen (secondary N) is 1. The number of aromatic nitrogens is 3. The highest BCUT2D eigenvalue weighted by molar-refractivity contribution is 5.78. The number of H-pyrrole nitrogens is 1. The molecule has 0 bridgehead atoms. The Labute approximate surface area is 104 Å². The predicted molar refractivity (Wildman–Crippen MR) is 64.5 cm³/mol. The molecule has 0 unspecified atom stereocenters. The first kappa shape index (κ1) is 11.1. The number of oxazole rings is 1. The quantitative estimate of drug-likeness (QED) is 0.550. The van der Waals surface area contributed by atoms with Crippen molar-refractivity contribution in [3.63, 3.8) is 0 Å². The van der Waals surface area contributed by atoms with Gasteiger partial charge >= 0.3 is 5.69 Å². The molecule has 0 radical (unpaired) electrons. The van der Waals surface area contributed by atoms with E-state index in [9.17, 15) is 14.9 Å². The van der Waals surface area contributed by atoms with Crippen molar-refractivity contribution in [2.24, 2.45) is 0 Å². The molecular formula is C11H6N4O4.